The van der Waals surface area contributed by atoms with E-state index in [1.807, 2.05) is 38.1 Å². The highest BCUT2D eigenvalue weighted by Gasteiger charge is 2.22. The van der Waals surface area contributed by atoms with Gasteiger partial charge in [0.25, 0.3) is 0 Å². The van der Waals surface area contributed by atoms with Crippen molar-refractivity contribution in [3.05, 3.63) is 35.4 Å². The molecule has 2 heteroatoms. The van der Waals surface area contributed by atoms with Crippen LogP contribution in [0.15, 0.2) is 24.3 Å². The highest BCUT2D eigenvalue weighted by Crippen LogP contribution is 2.26. The number of benzene rings is 1. The van der Waals surface area contributed by atoms with Gasteiger partial charge >= 0.3 is 0 Å². The predicted octanol–water partition coefficient (Wildman–Crippen LogP) is 3.03. The minimum absolute atomic E-state index is 0.0484. The topological polar surface area (TPSA) is 40.5 Å². The Hall–Kier alpha value is -0.860. The summed E-state index contributed by atoms with van der Waals surface area (Å²) < 4.78 is 0. The lowest BCUT2D eigenvalue weighted by molar-refractivity contribution is -0.00940. The standard InChI is InChI=1S/C15H24O2/c1-10(2)13(16)14(17)11-6-8-12(9-7-11)15(3,4)5/h6-10,13-14,16-17H,1-5H3. The first-order valence-electron chi connectivity index (χ1n) is 6.20. The summed E-state index contributed by atoms with van der Waals surface area (Å²) in [7, 11) is 0. The molecule has 2 nitrogen and oxygen atoms in total. The SMILES string of the molecule is CC(C)C(O)C(O)c1ccc(C(C)(C)C)cc1. The molecular weight excluding hydrogens is 212 g/mol. The molecule has 1 aromatic carbocycles. The Morgan fingerprint density at radius 3 is 1.76 bits per heavy atom. The minimum Gasteiger partial charge on any atom is -0.390 e. The molecule has 1 rings (SSSR count). The van der Waals surface area contributed by atoms with Gasteiger partial charge in [-0.15, -0.1) is 0 Å². The summed E-state index contributed by atoms with van der Waals surface area (Å²) in [5.74, 6) is 0.0484. The Kier molecular flexibility index (Phi) is 4.34. The molecule has 96 valence electrons. The first-order chi connectivity index (χ1) is 7.73. The van der Waals surface area contributed by atoms with Gasteiger partial charge in [0.15, 0.2) is 0 Å². The van der Waals surface area contributed by atoms with E-state index in [4.69, 9.17) is 0 Å². The van der Waals surface area contributed by atoms with Gasteiger partial charge in [-0.05, 0) is 22.5 Å². The Bertz CT molecular complexity index is 346. The molecule has 0 saturated heterocycles. The van der Waals surface area contributed by atoms with E-state index in [1.54, 1.807) is 0 Å². The third-order valence-electron chi connectivity index (χ3n) is 3.12. The molecule has 0 radical (unpaired) electrons. The van der Waals surface area contributed by atoms with E-state index in [-0.39, 0.29) is 11.3 Å². The van der Waals surface area contributed by atoms with E-state index in [1.165, 1.54) is 5.56 Å². The van der Waals surface area contributed by atoms with Crippen molar-refractivity contribution in [3.8, 4) is 0 Å². The average Bonchev–Trinajstić information content (AvgIpc) is 2.26. The molecule has 0 aromatic heterocycles. The molecule has 0 fully saturated rings. The fraction of sp³-hybridized carbons (Fsp3) is 0.600. The van der Waals surface area contributed by atoms with Crippen LogP contribution in [0.5, 0.6) is 0 Å². The summed E-state index contributed by atoms with van der Waals surface area (Å²) in [6, 6.07) is 7.84. The van der Waals surface area contributed by atoms with Gasteiger partial charge in [0.05, 0.1) is 6.10 Å². The maximum absolute atomic E-state index is 10.0. The van der Waals surface area contributed by atoms with Crippen LogP contribution in [0.2, 0.25) is 0 Å². The Morgan fingerprint density at radius 2 is 1.41 bits per heavy atom. The summed E-state index contributed by atoms with van der Waals surface area (Å²) >= 11 is 0. The Labute approximate surface area is 104 Å². The van der Waals surface area contributed by atoms with Crippen molar-refractivity contribution in [2.24, 2.45) is 5.92 Å². The smallest absolute Gasteiger partial charge is 0.105 e. The van der Waals surface area contributed by atoms with E-state index < -0.39 is 12.2 Å². The monoisotopic (exact) mass is 236 g/mol. The van der Waals surface area contributed by atoms with E-state index in [2.05, 4.69) is 20.8 Å². The summed E-state index contributed by atoms with van der Waals surface area (Å²) in [6.07, 6.45) is -1.51. The van der Waals surface area contributed by atoms with Gasteiger partial charge in [-0.1, -0.05) is 58.9 Å². The van der Waals surface area contributed by atoms with Crippen molar-refractivity contribution >= 4 is 0 Å². The highest BCUT2D eigenvalue weighted by molar-refractivity contribution is 5.29. The lowest BCUT2D eigenvalue weighted by Gasteiger charge is -2.23. The molecule has 0 aliphatic carbocycles. The maximum Gasteiger partial charge on any atom is 0.105 e. The van der Waals surface area contributed by atoms with Crippen LogP contribution in [0, 0.1) is 5.92 Å². The molecule has 1 aromatic rings. The van der Waals surface area contributed by atoms with Crippen molar-refractivity contribution in [1.82, 2.24) is 0 Å². The van der Waals surface area contributed by atoms with Gasteiger partial charge in [0.1, 0.15) is 6.10 Å². The van der Waals surface area contributed by atoms with Gasteiger partial charge in [-0.3, -0.25) is 0 Å². The first kappa shape index (κ1) is 14.2. The van der Waals surface area contributed by atoms with Gasteiger partial charge in [-0.25, -0.2) is 0 Å². The van der Waals surface area contributed by atoms with E-state index in [0.717, 1.165) is 5.56 Å². The van der Waals surface area contributed by atoms with Gasteiger partial charge < -0.3 is 10.2 Å². The molecule has 17 heavy (non-hydrogen) atoms. The number of rotatable bonds is 3. The van der Waals surface area contributed by atoms with Crippen LogP contribution in [0.4, 0.5) is 0 Å². The fourth-order valence-corrected chi connectivity index (χ4v) is 1.74. The highest BCUT2D eigenvalue weighted by atomic mass is 16.3. The quantitative estimate of drug-likeness (QED) is 0.847. The molecule has 2 unspecified atom stereocenters. The summed E-state index contributed by atoms with van der Waals surface area (Å²) in [5, 5.41) is 19.8. The van der Waals surface area contributed by atoms with Crippen LogP contribution in [0.1, 0.15) is 51.8 Å². The average molecular weight is 236 g/mol. The van der Waals surface area contributed by atoms with Crippen LogP contribution < -0.4 is 0 Å². The van der Waals surface area contributed by atoms with Crippen molar-refractivity contribution in [1.29, 1.82) is 0 Å². The molecule has 0 amide bonds. The molecule has 2 N–H and O–H groups in total. The zero-order valence-corrected chi connectivity index (χ0v) is 11.4. The van der Waals surface area contributed by atoms with Crippen LogP contribution in [0.3, 0.4) is 0 Å². The molecule has 0 saturated carbocycles. The number of hydrogen-bond acceptors (Lipinski definition) is 2. The number of aliphatic hydroxyl groups is 2. The van der Waals surface area contributed by atoms with Crippen LogP contribution in [-0.2, 0) is 5.41 Å². The summed E-state index contributed by atoms with van der Waals surface area (Å²) in [6.45, 7) is 10.3. The molecule has 0 spiro atoms. The number of hydrogen-bond donors (Lipinski definition) is 2. The second-order valence-electron chi connectivity index (χ2n) is 6.05. The van der Waals surface area contributed by atoms with Crippen LogP contribution >= 0.6 is 0 Å². The Morgan fingerprint density at radius 1 is 0.941 bits per heavy atom. The molecule has 2 atom stereocenters. The third kappa shape index (κ3) is 3.55. The van der Waals surface area contributed by atoms with E-state index >= 15 is 0 Å². The summed E-state index contributed by atoms with van der Waals surface area (Å²) in [4.78, 5) is 0. The minimum atomic E-state index is -0.802. The molecule has 0 aliphatic heterocycles. The van der Waals surface area contributed by atoms with Crippen molar-refractivity contribution in [2.45, 2.75) is 52.2 Å². The molecule has 0 heterocycles. The van der Waals surface area contributed by atoms with Crippen LogP contribution in [0.25, 0.3) is 0 Å². The molecular formula is C15H24O2. The van der Waals surface area contributed by atoms with Crippen molar-refractivity contribution < 1.29 is 10.2 Å². The lowest BCUT2D eigenvalue weighted by Crippen LogP contribution is -2.24. The van der Waals surface area contributed by atoms with Gasteiger partial charge in [0.2, 0.25) is 0 Å². The van der Waals surface area contributed by atoms with Crippen molar-refractivity contribution in [2.75, 3.05) is 0 Å². The zero-order chi connectivity index (χ0) is 13.2. The fourth-order valence-electron chi connectivity index (χ4n) is 1.74. The van der Waals surface area contributed by atoms with Crippen molar-refractivity contribution in [3.63, 3.8) is 0 Å². The third-order valence-corrected chi connectivity index (χ3v) is 3.12. The first-order valence-corrected chi connectivity index (χ1v) is 6.20. The van der Waals surface area contributed by atoms with Gasteiger partial charge in [-0.2, -0.15) is 0 Å². The van der Waals surface area contributed by atoms with Gasteiger partial charge in [0, 0.05) is 0 Å². The predicted molar refractivity (Wildman–Crippen MR) is 70.9 cm³/mol. The van der Waals surface area contributed by atoms with E-state index in [9.17, 15) is 10.2 Å². The second-order valence-corrected chi connectivity index (χ2v) is 6.05. The zero-order valence-electron chi connectivity index (χ0n) is 11.4. The lowest BCUT2D eigenvalue weighted by atomic mass is 9.86. The largest absolute Gasteiger partial charge is 0.390 e. The molecule has 0 aliphatic rings. The summed E-state index contributed by atoms with van der Waals surface area (Å²) in [5.41, 5.74) is 2.12. The normalized spacial score (nSPS) is 16.0. The van der Waals surface area contributed by atoms with E-state index in [0.29, 0.717) is 0 Å². The maximum atomic E-state index is 10.0. The second kappa shape index (κ2) is 5.19. The van der Waals surface area contributed by atoms with Crippen LogP contribution in [-0.4, -0.2) is 16.3 Å². The number of aliphatic hydroxyl groups excluding tert-OH is 2. The Balaban J connectivity index is 2.88. The molecule has 0 bridgehead atoms.